The van der Waals surface area contributed by atoms with Gasteiger partial charge in [-0.15, -0.1) is 0 Å². The summed E-state index contributed by atoms with van der Waals surface area (Å²) in [7, 11) is -3.73. The van der Waals surface area contributed by atoms with Crippen molar-refractivity contribution in [2.24, 2.45) is 0 Å². The molecule has 0 radical (unpaired) electrons. The van der Waals surface area contributed by atoms with Gasteiger partial charge in [-0.3, -0.25) is 4.79 Å². The Kier molecular flexibility index (Phi) is 4.66. The predicted octanol–water partition coefficient (Wildman–Crippen LogP) is 2.39. The number of benzene rings is 1. The fraction of sp³-hybridized carbons (Fsp3) is 0.412. The van der Waals surface area contributed by atoms with E-state index in [2.05, 4.69) is 10.5 Å². The number of nitrogens with one attached hydrogen (secondary N) is 1. The monoisotopic (exact) mass is 363 g/mol. The van der Waals surface area contributed by atoms with Crippen molar-refractivity contribution >= 4 is 21.7 Å². The molecule has 1 aromatic carbocycles. The molecule has 2 aromatic rings. The molecule has 134 valence electrons. The molecule has 1 aliphatic rings. The lowest BCUT2D eigenvalue weighted by molar-refractivity contribution is -0.119. The lowest BCUT2D eigenvalue weighted by atomic mass is 10.1. The lowest BCUT2D eigenvalue weighted by Crippen LogP contribution is -2.43. The molecule has 1 N–H and O–H groups in total. The van der Waals surface area contributed by atoms with E-state index >= 15 is 0 Å². The lowest BCUT2D eigenvalue weighted by Gasteiger charge is -2.23. The first-order valence-corrected chi connectivity index (χ1v) is 9.56. The molecule has 1 amide bonds. The first-order valence-electron chi connectivity index (χ1n) is 8.12. The van der Waals surface area contributed by atoms with Crippen LogP contribution >= 0.6 is 0 Å². The van der Waals surface area contributed by atoms with Gasteiger partial charge in [-0.2, -0.15) is 4.31 Å². The standard InChI is InChI=1S/C17H21N3O4S/c1-11-6-7-14(9-12(11)2)25(22,23)20-8-4-5-15(20)17(21)18-16-10-13(3)24-19-16/h6-7,9-10,15H,4-5,8H2,1-3H3,(H,18,19,21)/t15-/m1/s1. The highest BCUT2D eigenvalue weighted by molar-refractivity contribution is 7.89. The van der Waals surface area contributed by atoms with Gasteiger partial charge in [0.2, 0.25) is 15.9 Å². The van der Waals surface area contributed by atoms with Gasteiger partial charge in [-0.05, 0) is 56.9 Å². The molecule has 0 spiro atoms. The third-order valence-corrected chi connectivity index (χ3v) is 6.37. The second-order valence-corrected chi connectivity index (χ2v) is 8.22. The van der Waals surface area contributed by atoms with Crippen molar-refractivity contribution in [1.82, 2.24) is 9.46 Å². The first-order chi connectivity index (χ1) is 11.8. The molecule has 1 aliphatic heterocycles. The van der Waals surface area contributed by atoms with Gasteiger partial charge < -0.3 is 9.84 Å². The number of anilines is 1. The molecule has 1 aromatic heterocycles. The van der Waals surface area contributed by atoms with Gasteiger partial charge in [0, 0.05) is 12.6 Å². The molecule has 3 rings (SSSR count). The second kappa shape index (κ2) is 6.61. The van der Waals surface area contributed by atoms with E-state index < -0.39 is 22.0 Å². The molecule has 1 atom stereocenters. The second-order valence-electron chi connectivity index (χ2n) is 6.33. The van der Waals surface area contributed by atoms with E-state index in [4.69, 9.17) is 4.52 Å². The molecule has 0 saturated carbocycles. The zero-order valence-electron chi connectivity index (χ0n) is 14.4. The number of rotatable bonds is 4. The van der Waals surface area contributed by atoms with Crippen molar-refractivity contribution in [3.63, 3.8) is 0 Å². The molecule has 0 bridgehead atoms. The highest BCUT2D eigenvalue weighted by atomic mass is 32.2. The Bertz CT molecular complexity index is 904. The van der Waals surface area contributed by atoms with E-state index in [0.29, 0.717) is 25.1 Å². The molecule has 0 unspecified atom stereocenters. The van der Waals surface area contributed by atoms with Crippen LogP contribution in [-0.4, -0.2) is 36.4 Å². The summed E-state index contributed by atoms with van der Waals surface area (Å²) in [6.07, 6.45) is 1.12. The fourth-order valence-corrected chi connectivity index (χ4v) is 4.68. The minimum Gasteiger partial charge on any atom is -0.360 e. The van der Waals surface area contributed by atoms with Crippen molar-refractivity contribution in [2.45, 2.75) is 44.6 Å². The summed E-state index contributed by atoms with van der Waals surface area (Å²) in [5.41, 5.74) is 1.93. The van der Waals surface area contributed by atoms with E-state index in [1.165, 1.54) is 4.31 Å². The van der Waals surface area contributed by atoms with E-state index in [1.807, 2.05) is 13.8 Å². The van der Waals surface area contributed by atoms with E-state index in [1.54, 1.807) is 31.2 Å². The third kappa shape index (κ3) is 3.45. The summed E-state index contributed by atoms with van der Waals surface area (Å²) in [5, 5.41) is 6.35. The first kappa shape index (κ1) is 17.6. The van der Waals surface area contributed by atoms with Crippen LogP contribution in [-0.2, 0) is 14.8 Å². The maximum atomic E-state index is 13.0. The topological polar surface area (TPSA) is 92.5 Å². The average molecular weight is 363 g/mol. The van der Waals surface area contributed by atoms with Crippen LogP contribution in [0.15, 0.2) is 33.7 Å². The third-order valence-electron chi connectivity index (χ3n) is 4.47. The Morgan fingerprint density at radius 3 is 2.64 bits per heavy atom. The highest BCUT2D eigenvalue weighted by Crippen LogP contribution is 2.28. The summed E-state index contributed by atoms with van der Waals surface area (Å²) in [4.78, 5) is 12.7. The van der Waals surface area contributed by atoms with Crippen LogP contribution < -0.4 is 5.32 Å². The minimum absolute atomic E-state index is 0.215. The normalized spacial score (nSPS) is 18.4. The number of hydrogen-bond donors (Lipinski definition) is 1. The van der Waals surface area contributed by atoms with Crippen molar-refractivity contribution in [1.29, 1.82) is 0 Å². The number of sulfonamides is 1. The Hall–Kier alpha value is -2.19. The van der Waals surface area contributed by atoms with E-state index in [-0.39, 0.29) is 10.7 Å². The number of aryl methyl sites for hydroxylation is 3. The maximum absolute atomic E-state index is 13.0. The zero-order valence-corrected chi connectivity index (χ0v) is 15.3. The Labute approximate surface area is 147 Å². The van der Waals surface area contributed by atoms with Gasteiger partial charge >= 0.3 is 0 Å². The number of nitrogens with zero attached hydrogens (tertiary/aromatic N) is 2. The average Bonchev–Trinajstić information content (AvgIpc) is 3.19. The SMILES string of the molecule is Cc1cc(NC(=O)[C@H]2CCCN2S(=O)(=O)c2ccc(C)c(C)c2)no1. The summed E-state index contributed by atoms with van der Waals surface area (Å²) < 4.78 is 32.2. The molecule has 25 heavy (non-hydrogen) atoms. The van der Waals surface area contributed by atoms with Gasteiger partial charge in [0.15, 0.2) is 5.82 Å². The van der Waals surface area contributed by atoms with Gasteiger partial charge in [0.05, 0.1) is 4.90 Å². The fourth-order valence-electron chi connectivity index (χ4n) is 2.93. The maximum Gasteiger partial charge on any atom is 0.244 e. The number of aromatic nitrogens is 1. The zero-order chi connectivity index (χ0) is 18.2. The number of amides is 1. The quantitative estimate of drug-likeness (QED) is 0.900. The van der Waals surface area contributed by atoms with Gasteiger partial charge in [-0.1, -0.05) is 11.2 Å². The van der Waals surface area contributed by atoms with Crippen LogP contribution in [0.25, 0.3) is 0 Å². The number of carbonyl (C=O) groups excluding carboxylic acids is 1. The summed E-state index contributed by atoms with van der Waals surface area (Å²) in [5.74, 6) is 0.470. The Morgan fingerprint density at radius 1 is 1.24 bits per heavy atom. The van der Waals surface area contributed by atoms with Crippen LogP contribution in [0.1, 0.15) is 29.7 Å². The molecule has 7 nitrogen and oxygen atoms in total. The van der Waals surface area contributed by atoms with Crippen molar-refractivity contribution in [3.05, 3.63) is 41.2 Å². The number of hydrogen-bond acceptors (Lipinski definition) is 5. The highest BCUT2D eigenvalue weighted by Gasteiger charge is 2.39. The van der Waals surface area contributed by atoms with Crippen LogP contribution in [0.3, 0.4) is 0 Å². The van der Waals surface area contributed by atoms with Crippen molar-refractivity contribution in [2.75, 3.05) is 11.9 Å². The van der Waals surface area contributed by atoms with E-state index in [0.717, 1.165) is 11.1 Å². The van der Waals surface area contributed by atoms with Crippen molar-refractivity contribution in [3.8, 4) is 0 Å². The molecule has 1 fully saturated rings. The van der Waals surface area contributed by atoms with Crippen LogP contribution in [0.4, 0.5) is 5.82 Å². The van der Waals surface area contributed by atoms with E-state index in [9.17, 15) is 13.2 Å². The van der Waals surface area contributed by atoms with Crippen LogP contribution in [0, 0.1) is 20.8 Å². The van der Waals surface area contributed by atoms with Crippen molar-refractivity contribution < 1.29 is 17.7 Å². The predicted molar refractivity (Wildman–Crippen MR) is 92.7 cm³/mol. The molecule has 1 saturated heterocycles. The molecular formula is C17H21N3O4S. The molecule has 8 heteroatoms. The summed E-state index contributed by atoms with van der Waals surface area (Å²) in [6, 6.07) is 5.87. The van der Waals surface area contributed by atoms with Gasteiger partial charge in [0.25, 0.3) is 0 Å². The summed E-state index contributed by atoms with van der Waals surface area (Å²) in [6.45, 7) is 5.84. The summed E-state index contributed by atoms with van der Waals surface area (Å²) >= 11 is 0. The van der Waals surface area contributed by atoms with Crippen LogP contribution in [0.2, 0.25) is 0 Å². The molecular weight excluding hydrogens is 342 g/mol. The Balaban J connectivity index is 1.84. The molecule has 2 heterocycles. The smallest absolute Gasteiger partial charge is 0.244 e. The van der Waals surface area contributed by atoms with Crippen LogP contribution in [0.5, 0.6) is 0 Å². The minimum atomic E-state index is -3.73. The number of carbonyl (C=O) groups is 1. The Morgan fingerprint density at radius 2 is 2.00 bits per heavy atom. The molecule has 0 aliphatic carbocycles. The largest absolute Gasteiger partial charge is 0.360 e. The van der Waals surface area contributed by atoms with Gasteiger partial charge in [-0.25, -0.2) is 8.42 Å². The van der Waals surface area contributed by atoms with Gasteiger partial charge in [0.1, 0.15) is 11.8 Å².